The first kappa shape index (κ1) is 18.9. The van der Waals surface area contributed by atoms with E-state index in [0.717, 1.165) is 0 Å². The van der Waals surface area contributed by atoms with Crippen molar-refractivity contribution in [3.05, 3.63) is 0 Å². The average Bonchev–Trinajstić information content (AvgIpc) is 2.32. The summed E-state index contributed by atoms with van der Waals surface area (Å²) < 4.78 is 0. The lowest BCUT2D eigenvalue weighted by Crippen LogP contribution is -2.45. The van der Waals surface area contributed by atoms with Gasteiger partial charge in [-0.05, 0) is 24.7 Å². The molecule has 0 aromatic carbocycles. The van der Waals surface area contributed by atoms with Crippen LogP contribution in [0.2, 0.25) is 0 Å². The molecular formula is C15H30N2O3. The largest absolute Gasteiger partial charge is 0.391 e. The maximum Gasteiger partial charge on any atom is 0.223 e. The summed E-state index contributed by atoms with van der Waals surface area (Å²) in [6.07, 6.45) is 0.333. The molecular weight excluding hydrogens is 256 g/mol. The number of carbonyl (C=O) groups excluding carboxylic acids is 2. The number of carbonyl (C=O) groups is 2. The van der Waals surface area contributed by atoms with Crippen LogP contribution in [-0.2, 0) is 9.59 Å². The molecule has 20 heavy (non-hydrogen) atoms. The van der Waals surface area contributed by atoms with Crippen LogP contribution in [0.5, 0.6) is 0 Å². The van der Waals surface area contributed by atoms with Crippen molar-refractivity contribution < 1.29 is 14.7 Å². The van der Waals surface area contributed by atoms with E-state index < -0.39 is 6.10 Å². The predicted octanol–water partition coefficient (Wildman–Crippen LogP) is 1.31. The van der Waals surface area contributed by atoms with Crippen LogP contribution in [0.25, 0.3) is 0 Å². The van der Waals surface area contributed by atoms with Gasteiger partial charge in [0, 0.05) is 19.9 Å². The summed E-state index contributed by atoms with van der Waals surface area (Å²) in [6.45, 7) is 9.45. The van der Waals surface area contributed by atoms with E-state index in [2.05, 4.69) is 10.6 Å². The number of aliphatic hydroxyl groups is 1. The molecule has 0 aliphatic rings. The summed E-state index contributed by atoms with van der Waals surface area (Å²) in [7, 11) is 1.60. The van der Waals surface area contributed by atoms with Crippen molar-refractivity contribution in [3.8, 4) is 0 Å². The Kier molecular flexibility index (Phi) is 8.46. The zero-order chi connectivity index (χ0) is 15.9. The lowest BCUT2D eigenvalue weighted by Gasteiger charge is -2.29. The molecule has 0 aromatic rings. The van der Waals surface area contributed by atoms with Gasteiger partial charge in [-0.3, -0.25) is 9.59 Å². The highest BCUT2D eigenvalue weighted by atomic mass is 16.3. The summed E-state index contributed by atoms with van der Waals surface area (Å²) in [6, 6.07) is -0.307. The quantitative estimate of drug-likeness (QED) is 0.629. The van der Waals surface area contributed by atoms with Crippen LogP contribution in [0.15, 0.2) is 0 Å². The summed E-state index contributed by atoms with van der Waals surface area (Å²) >= 11 is 0. The number of nitrogens with one attached hydrogen (secondary N) is 2. The zero-order valence-electron chi connectivity index (χ0n) is 13.6. The van der Waals surface area contributed by atoms with Gasteiger partial charge in [0.1, 0.15) is 0 Å². The van der Waals surface area contributed by atoms with Gasteiger partial charge in [0.15, 0.2) is 0 Å². The first-order valence-electron chi connectivity index (χ1n) is 7.35. The minimum atomic E-state index is -0.717. The highest BCUT2D eigenvalue weighted by Crippen LogP contribution is 2.21. The van der Waals surface area contributed by atoms with Crippen molar-refractivity contribution in [1.82, 2.24) is 10.6 Å². The molecule has 3 atom stereocenters. The molecule has 0 heterocycles. The van der Waals surface area contributed by atoms with E-state index in [1.165, 1.54) is 6.92 Å². The van der Waals surface area contributed by atoms with Crippen molar-refractivity contribution in [2.75, 3.05) is 7.05 Å². The van der Waals surface area contributed by atoms with E-state index in [9.17, 15) is 14.7 Å². The molecule has 0 bridgehead atoms. The summed E-state index contributed by atoms with van der Waals surface area (Å²) in [5.41, 5.74) is 0. The van der Waals surface area contributed by atoms with Crippen LogP contribution < -0.4 is 10.6 Å². The molecule has 0 aromatic heterocycles. The van der Waals surface area contributed by atoms with Crippen molar-refractivity contribution in [3.63, 3.8) is 0 Å². The molecule has 0 rings (SSSR count). The van der Waals surface area contributed by atoms with Crippen molar-refractivity contribution in [1.29, 1.82) is 0 Å². The second-order valence-corrected chi connectivity index (χ2v) is 6.20. The maximum atomic E-state index is 11.8. The van der Waals surface area contributed by atoms with Gasteiger partial charge in [-0.15, -0.1) is 0 Å². The van der Waals surface area contributed by atoms with Gasteiger partial charge in [-0.1, -0.05) is 27.7 Å². The van der Waals surface area contributed by atoms with Gasteiger partial charge in [-0.25, -0.2) is 0 Å². The fourth-order valence-corrected chi connectivity index (χ4v) is 2.37. The Morgan fingerprint density at radius 3 is 2.00 bits per heavy atom. The summed E-state index contributed by atoms with van der Waals surface area (Å²) in [5.74, 6) is 0.0277. The molecule has 1 unspecified atom stereocenters. The number of rotatable bonds is 8. The van der Waals surface area contributed by atoms with Crippen molar-refractivity contribution >= 4 is 11.8 Å². The second kappa shape index (κ2) is 8.95. The SMILES string of the molecule is CNC(=O)C(C[C@@H](O)[C@H](CC(C)C)NC(C)=O)C(C)C. The molecule has 0 saturated heterocycles. The fourth-order valence-electron chi connectivity index (χ4n) is 2.37. The predicted molar refractivity (Wildman–Crippen MR) is 80.1 cm³/mol. The van der Waals surface area contributed by atoms with Gasteiger partial charge in [0.05, 0.1) is 12.1 Å². The molecule has 0 spiro atoms. The van der Waals surface area contributed by atoms with E-state index in [-0.39, 0.29) is 29.7 Å². The van der Waals surface area contributed by atoms with E-state index in [4.69, 9.17) is 0 Å². The fraction of sp³-hybridized carbons (Fsp3) is 0.867. The molecule has 0 aliphatic heterocycles. The third kappa shape index (κ3) is 6.89. The smallest absolute Gasteiger partial charge is 0.223 e. The van der Waals surface area contributed by atoms with E-state index in [1.54, 1.807) is 7.05 Å². The third-order valence-electron chi connectivity index (χ3n) is 3.46. The van der Waals surface area contributed by atoms with Crippen molar-refractivity contribution in [2.45, 2.75) is 59.6 Å². The highest BCUT2D eigenvalue weighted by Gasteiger charge is 2.29. The van der Waals surface area contributed by atoms with Crippen LogP contribution in [0.3, 0.4) is 0 Å². The third-order valence-corrected chi connectivity index (χ3v) is 3.46. The van der Waals surface area contributed by atoms with Gasteiger partial charge < -0.3 is 15.7 Å². The Morgan fingerprint density at radius 1 is 1.10 bits per heavy atom. The Bertz CT molecular complexity index is 316. The lowest BCUT2D eigenvalue weighted by atomic mass is 9.85. The molecule has 0 radical (unpaired) electrons. The molecule has 118 valence electrons. The molecule has 5 heteroatoms. The lowest BCUT2D eigenvalue weighted by molar-refractivity contribution is -0.127. The Balaban J connectivity index is 4.81. The van der Waals surface area contributed by atoms with E-state index in [1.807, 2.05) is 27.7 Å². The molecule has 3 N–H and O–H groups in total. The standard InChI is InChI=1S/C15H30N2O3/c1-9(2)7-13(17-11(5)18)14(19)8-12(10(3)4)15(20)16-6/h9-10,12-14,19H,7-8H2,1-6H3,(H,16,20)(H,17,18)/t12?,13-,14+/m0/s1. The van der Waals surface area contributed by atoms with Gasteiger partial charge in [-0.2, -0.15) is 0 Å². The van der Waals surface area contributed by atoms with Crippen LogP contribution in [0.1, 0.15) is 47.5 Å². The van der Waals surface area contributed by atoms with Crippen LogP contribution in [0.4, 0.5) is 0 Å². The number of amides is 2. The Labute approximate surface area is 122 Å². The molecule has 0 fully saturated rings. The molecule has 0 saturated carbocycles. The molecule has 2 amide bonds. The number of hydrogen-bond acceptors (Lipinski definition) is 3. The summed E-state index contributed by atoms with van der Waals surface area (Å²) in [5, 5.41) is 15.8. The van der Waals surface area contributed by atoms with Crippen LogP contribution >= 0.6 is 0 Å². The van der Waals surface area contributed by atoms with Crippen LogP contribution in [-0.4, -0.2) is 36.1 Å². The minimum Gasteiger partial charge on any atom is -0.391 e. The average molecular weight is 286 g/mol. The monoisotopic (exact) mass is 286 g/mol. The van der Waals surface area contributed by atoms with Crippen molar-refractivity contribution in [2.24, 2.45) is 17.8 Å². The first-order chi connectivity index (χ1) is 9.18. The van der Waals surface area contributed by atoms with Crippen LogP contribution in [0, 0.1) is 17.8 Å². The summed E-state index contributed by atoms with van der Waals surface area (Å²) in [4.78, 5) is 23.1. The Morgan fingerprint density at radius 2 is 1.65 bits per heavy atom. The van der Waals surface area contributed by atoms with Gasteiger partial charge in [0.2, 0.25) is 11.8 Å². The Hall–Kier alpha value is -1.10. The zero-order valence-corrected chi connectivity index (χ0v) is 13.6. The van der Waals surface area contributed by atoms with Gasteiger partial charge in [0.25, 0.3) is 0 Å². The molecule has 5 nitrogen and oxygen atoms in total. The van der Waals surface area contributed by atoms with E-state index in [0.29, 0.717) is 18.8 Å². The number of aliphatic hydroxyl groups excluding tert-OH is 1. The minimum absolute atomic E-state index is 0.0647. The van der Waals surface area contributed by atoms with Gasteiger partial charge >= 0.3 is 0 Å². The molecule has 0 aliphatic carbocycles. The normalized spacial score (nSPS) is 15.8. The second-order valence-electron chi connectivity index (χ2n) is 6.20. The number of hydrogen-bond donors (Lipinski definition) is 3. The maximum absolute atomic E-state index is 11.8. The highest BCUT2D eigenvalue weighted by molar-refractivity contribution is 5.78. The topological polar surface area (TPSA) is 78.4 Å². The van der Waals surface area contributed by atoms with E-state index >= 15 is 0 Å². The first-order valence-corrected chi connectivity index (χ1v) is 7.35.